The lowest BCUT2D eigenvalue weighted by atomic mass is 10.1. The molecule has 1 aromatic carbocycles. The average Bonchev–Trinajstić information content (AvgIpc) is 2.94. The Kier molecular flexibility index (Phi) is 5.69. The summed E-state index contributed by atoms with van der Waals surface area (Å²) in [6.07, 6.45) is 0. The van der Waals surface area contributed by atoms with E-state index in [1.807, 2.05) is 0 Å². The van der Waals surface area contributed by atoms with Gasteiger partial charge < -0.3 is 14.5 Å². The van der Waals surface area contributed by atoms with Gasteiger partial charge in [0.25, 0.3) is 5.91 Å². The number of rotatable bonds is 5. The van der Waals surface area contributed by atoms with Crippen LogP contribution in [-0.4, -0.2) is 18.5 Å². The number of esters is 1. The molecule has 5 nitrogen and oxygen atoms in total. The van der Waals surface area contributed by atoms with Gasteiger partial charge >= 0.3 is 5.97 Å². The van der Waals surface area contributed by atoms with Crippen LogP contribution < -0.4 is 5.32 Å². The summed E-state index contributed by atoms with van der Waals surface area (Å²) in [5.74, 6) is -0.460. The van der Waals surface area contributed by atoms with E-state index in [0.29, 0.717) is 15.8 Å². The van der Waals surface area contributed by atoms with Gasteiger partial charge in [0, 0.05) is 0 Å². The number of hydrogen-bond acceptors (Lipinski definition) is 4. The molecular weight excluding hydrogens is 341 g/mol. The number of benzene rings is 1. The quantitative estimate of drug-likeness (QED) is 0.825. The van der Waals surface area contributed by atoms with Gasteiger partial charge in [0.15, 0.2) is 6.61 Å². The van der Waals surface area contributed by atoms with Crippen molar-refractivity contribution in [2.24, 2.45) is 0 Å². The normalized spacial score (nSPS) is 11.8. The predicted octanol–water partition coefficient (Wildman–Crippen LogP) is 3.93. The fraction of sp³-hybridized carbons (Fsp3) is 0.250. The molecule has 23 heavy (non-hydrogen) atoms. The Hall–Kier alpha value is -1.98. The van der Waals surface area contributed by atoms with Crippen LogP contribution >= 0.6 is 23.2 Å². The third-order valence-corrected chi connectivity index (χ3v) is 3.84. The summed E-state index contributed by atoms with van der Waals surface area (Å²) >= 11 is 11.8. The largest absolute Gasteiger partial charge is 0.454 e. The molecule has 0 aliphatic rings. The van der Waals surface area contributed by atoms with E-state index in [9.17, 15) is 9.59 Å². The first-order valence-electron chi connectivity index (χ1n) is 6.84. The first-order valence-corrected chi connectivity index (χ1v) is 7.60. The topological polar surface area (TPSA) is 68.5 Å². The summed E-state index contributed by atoms with van der Waals surface area (Å²) in [6.45, 7) is 3.10. The monoisotopic (exact) mass is 355 g/mol. The van der Waals surface area contributed by atoms with Gasteiger partial charge in [0.1, 0.15) is 5.76 Å². The maximum Gasteiger partial charge on any atom is 0.374 e. The molecule has 0 spiro atoms. The Balaban J connectivity index is 1.86. The molecule has 0 aliphatic heterocycles. The number of carbonyl (C=O) groups is 2. The lowest BCUT2D eigenvalue weighted by Crippen LogP contribution is -2.31. The average molecular weight is 356 g/mol. The second-order valence-electron chi connectivity index (χ2n) is 4.95. The third kappa shape index (κ3) is 4.74. The molecule has 7 heteroatoms. The van der Waals surface area contributed by atoms with Crippen molar-refractivity contribution < 1.29 is 18.7 Å². The molecule has 0 aliphatic carbocycles. The molecule has 1 atom stereocenters. The number of hydrogen-bond donors (Lipinski definition) is 1. The first kappa shape index (κ1) is 17.4. The van der Waals surface area contributed by atoms with Gasteiger partial charge in [-0.1, -0.05) is 29.3 Å². The number of amides is 1. The Morgan fingerprint density at radius 2 is 1.96 bits per heavy atom. The standard InChI is InChI=1S/C16H15Cl2NO4/c1-9-3-6-14(23-9)16(21)22-8-15(20)19-10(2)11-4-5-12(17)13(18)7-11/h3-7,10H,8H2,1-2H3,(H,19,20). The van der Waals surface area contributed by atoms with E-state index >= 15 is 0 Å². The van der Waals surface area contributed by atoms with Gasteiger partial charge in [-0.05, 0) is 43.7 Å². The van der Waals surface area contributed by atoms with Gasteiger partial charge in [-0.25, -0.2) is 4.79 Å². The number of furan rings is 1. The molecule has 2 aromatic rings. The molecular formula is C16H15Cl2NO4. The minimum absolute atomic E-state index is 0.0628. The van der Waals surface area contributed by atoms with Crippen molar-refractivity contribution in [1.82, 2.24) is 5.32 Å². The molecule has 2 rings (SSSR count). The second-order valence-corrected chi connectivity index (χ2v) is 5.76. The van der Waals surface area contributed by atoms with Crippen LogP contribution in [0.3, 0.4) is 0 Å². The molecule has 0 saturated heterocycles. The van der Waals surface area contributed by atoms with Gasteiger partial charge in [0.05, 0.1) is 16.1 Å². The van der Waals surface area contributed by atoms with E-state index in [1.165, 1.54) is 6.07 Å². The highest BCUT2D eigenvalue weighted by Crippen LogP contribution is 2.25. The SMILES string of the molecule is Cc1ccc(C(=O)OCC(=O)NC(C)c2ccc(Cl)c(Cl)c2)o1. The summed E-state index contributed by atoms with van der Waals surface area (Å²) in [5.41, 5.74) is 0.792. The maximum absolute atomic E-state index is 11.8. The minimum Gasteiger partial charge on any atom is -0.454 e. The summed E-state index contributed by atoms with van der Waals surface area (Å²) < 4.78 is 10.0. The van der Waals surface area contributed by atoms with Crippen molar-refractivity contribution in [3.05, 3.63) is 57.5 Å². The predicted molar refractivity (Wildman–Crippen MR) is 86.7 cm³/mol. The van der Waals surface area contributed by atoms with Crippen LogP contribution in [0.15, 0.2) is 34.7 Å². The van der Waals surface area contributed by atoms with E-state index in [1.54, 1.807) is 38.1 Å². The zero-order valence-corrected chi connectivity index (χ0v) is 14.1. The van der Waals surface area contributed by atoms with Gasteiger partial charge in [0.2, 0.25) is 5.76 Å². The van der Waals surface area contributed by atoms with Crippen molar-refractivity contribution in [2.45, 2.75) is 19.9 Å². The second kappa shape index (κ2) is 7.53. The smallest absolute Gasteiger partial charge is 0.374 e. The van der Waals surface area contributed by atoms with Crippen LogP contribution in [0.4, 0.5) is 0 Å². The van der Waals surface area contributed by atoms with Crippen molar-refractivity contribution >= 4 is 35.1 Å². The molecule has 0 radical (unpaired) electrons. The highest BCUT2D eigenvalue weighted by Gasteiger charge is 2.15. The summed E-state index contributed by atoms with van der Waals surface area (Å²) in [6, 6.07) is 7.92. The Bertz CT molecular complexity index is 727. The number of nitrogens with one attached hydrogen (secondary N) is 1. The molecule has 0 bridgehead atoms. The fourth-order valence-electron chi connectivity index (χ4n) is 1.89. The molecule has 1 N–H and O–H groups in total. The Morgan fingerprint density at radius 1 is 1.22 bits per heavy atom. The molecule has 1 heterocycles. The van der Waals surface area contributed by atoms with E-state index in [-0.39, 0.29) is 11.8 Å². The van der Waals surface area contributed by atoms with E-state index < -0.39 is 18.5 Å². The Morgan fingerprint density at radius 3 is 2.57 bits per heavy atom. The fourth-order valence-corrected chi connectivity index (χ4v) is 2.20. The van der Waals surface area contributed by atoms with Crippen LogP contribution in [0.5, 0.6) is 0 Å². The van der Waals surface area contributed by atoms with Gasteiger partial charge in [-0.3, -0.25) is 4.79 Å². The van der Waals surface area contributed by atoms with E-state index in [0.717, 1.165) is 5.56 Å². The minimum atomic E-state index is -0.685. The van der Waals surface area contributed by atoms with E-state index in [4.69, 9.17) is 32.4 Å². The highest BCUT2D eigenvalue weighted by atomic mass is 35.5. The number of carbonyl (C=O) groups excluding carboxylic acids is 2. The number of halogens is 2. The zero-order valence-electron chi connectivity index (χ0n) is 12.6. The van der Waals surface area contributed by atoms with Crippen LogP contribution in [0, 0.1) is 6.92 Å². The van der Waals surface area contributed by atoms with Crippen LogP contribution in [0.1, 0.15) is 34.8 Å². The van der Waals surface area contributed by atoms with Crippen LogP contribution in [0.25, 0.3) is 0 Å². The Labute approximate surface area is 143 Å². The van der Waals surface area contributed by atoms with Crippen LogP contribution in [-0.2, 0) is 9.53 Å². The summed E-state index contributed by atoms with van der Waals surface area (Å²) in [4.78, 5) is 23.5. The van der Waals surface area contributed by atoms with Crippen molar-refractivity contribution in [3.8, 4) is 0 Å². The zero-order chi connectivity index (χ0) is 17.0. The molecule has 0 saturated carbocycles. The highest BCUT2D eigenvalue weighted by molar-refractivity contribution is 6.42. The van der Waals surface area contributed by atoms with Gasteiger partial charge in [-0.2, -0.15) is 0 Å². The maximum atomic E-state index is 11.8. The van der Waals surface area contributed by atoms with E-state index in [2.05, 4.69) is 5.32 Å². The lowest BCUT2D eigenvalue weighted by molar-refractivity contribution is -0.124. The molecule has 1 unspecified atom stereocenters. The molecule has 1 aromatic heterocycles. The van der Waals surface area contributed by atoms with Crippen molar-refractivity contribution in [2.75, 3.05) is 6.61 Å². The third-order valence-electron chi connectivity index (χ3n) is 3.10. The summed E-state index contributed by atoms with van der Waals surface area (Å²) in [7, 11) is 0. The van der Waals surface area contributed by atoms with Crippen LogP contribution in [0.2, 0.25) is 10.0 Å². The molecule has 1 amide bonds. The molecule has 0 fully saturated rings. The molecule has 122 valence electrons. The summed E-state index contributed by atoms with van der Waals surface area (Å²) in [5, 5.41) is 3.55. The van der Waals surface area contributed by atoms with Gasteiger partial charge in [-0.15, -0.1) is 0 Å². The number of ether oxygens (including phenoxy) is 1. The van der Waals surface area contributed by atoms with Crippen molar-refractivity contribution in [3.63, 3.8) is 0 Å². The first-order chi connectivity index (χ1) is 10.9. The number of aryl methyl sites for hydroxylation is 1. The lowest BCUT2D eigenvalue weighted by Gasteiger charge is -2.15. The van der Waals surface area contributed by atoms with Crippen molar-refractivity contribution in [1.29, 1.82) is 0 Å².